The molecule has 10 atom stereocenters. The lowest BCUT2D eigenvalue weighted by Crippen LogP contribution is -2.60. The molecule has 2 fully saturated rings. The van der Waals surface area contributed by atoms with Gasteiger partial charge in [-0.15, -0.1) is 0 Å². The van der Waals surface area contributed by atoms with Crippen LogP contribution in [0.2, 0.25) is 0 Å². The molecule has 1 aromatic rings. The first-order chi connectivity index (χ1) is 17.6. The number of aromatic hydroxyl groups is 1. The number of hydrogen-bond acceptors (Lipinski definition) is 11. The Bertz CT molecular complexity index is 1030. The molecule has 1 aromatic carbocycles. The number of phenolic OH excluding ortho intramolecular Hbond substituents is 1. The maximum Gasteiger partial charge on any atom is 0.334 e. The Morgan fingerprint density at radius 1 is 1.08 bits per heavy atom. The molecule has 202 valence electrons. The molecule has 0 amide bonds. The number of carbonyl (C=O) groups excluding carboxylic acids is 1. The normalized spacial score (nSPS) is 37.5. The molecule has 2 heterocycles. The van der Waals surface area contributed by atoms with Crippen LogP contribution in [0.15, 0.2) is 42.2 Å². The van der Waals surface area contributed by atoms with Crippen molar-refractivity contribution in [2.24, 2.45) is 17.8 Å². The summed E-state index contributed by atoms with van der Waals surface area (Å²) in [6.07, 6.45) is -5.42. The van der Waals surface area contributed by atoms with Crippen molar-refractivity contribution in [1.29, 1.82) is 0 Å². The van der Waals surface area contributed by atoms with E-state index in [4.69, 9.17) is 18.9 Å². The van der Waals surface area contributed by atoms with Gasteiger partial charge in [-0.1, -0.05) is 19.1 Å². The largest absolute Gasteiger partial charge is 0.508 e. The van der Waals surface area contributed by atoms with Gasteiger partial charge in [-0.25, -0.2) is 9.59 Å². The topological polar surface area (TPSA) is 192 Å². The van der Waals surface area contributed by atoms with Gasteiger partial charge in [-0.05, 0) is 30.2 Å². The maximum atomic E-state index is 12.5. The first-order valence-corrected chi connectivity index (χ1v) is 11.8. The molecule has 12 nitrogen and oxygen atoms in total. The zero-order valence-electron chi connectivity index (χ0n) is 19.9. The van der Waals surface area contributed by atoms with Crippen LogP contribution in [-0.2, 0) is 28.5 Å². The molecule has 0 aromatic heterocycles. The van der Waals surface area contributed by atoms with Gasteiger partial charge in [0.25, 0.3) is 0 Å². The van der Waals surface area contributed by atoms with Gasteiger partial charge in [0.05, 0.1) is 18.4 Å². The second-order valence-corrected chi connectivity index (χ2v) is 9.40. The molecule has 4 rings (SSSR count). The molecular weight excluding hydrogens is 492 g/mol. The van der Waals surface area contributed by atoms with Crippen molar-refractivity contribution in [3.8, 4) is 5.75 Å². The lowest BCUT2D eigenvalue weighted by Gasteiger charge is -2.43. The Labute approximate surface area is 212 Å². The second kappa shape index (κ2) is 11.2. The van der Waals surface area contributed by atoms with E-state index in [1.165, 1.54) is 24.3 Å². The number of esters is 1. The number of rotatable bonds is 7. The Hall–Kier alpha value is -3.00. The zero-order chi connectivity index (χ0) is 26.9. The number of carboxylic acids is 1. The average Bonchev–Trinajstić information content (AvgIpc) is 3.19. The fourth-order valence-electron chi connectivity index (χ4n) is 5.06. The molecule has 1 aliphatic carbocycles. The summed E-state index contributed by atoms with van der Waals surface area (Å²) in [7, 11) is 0. The molecule has 0 bridgehead atoms. The lowest BCUT2D eigenvalue weighted by atomic mass is 9.83. The molecule has 2 aliphatic heterocycles. The number of ether oxygens (including phenoxy) is 4. The molecular formula is C25H30O12. The van der Waals surface area contributed by atoms with Crippen LogP contribution < -0.4 is 0 Å². The monoisotopic (exact) mass is 522 g/mol. The van der Waals surface area contributed by atoms with Crippen molar-refractivity contribution in [1.82, 2.24) is 0 Å². The highest BCUT2D eigenvalue weighted by atomic mass is 16.8. The van der Waals surface area contributed by atoms with E-state index in [2.05, 4.69) is 0 Å². The number of aliphatic hydroxyl groups is 4. The van der Waals surface area contributed by atoms with Crippen molar-refractivity contribution in [3.63, 3.8) is 0 Å². The third-order valence-corrected chi connectivity index (χ3v) is 7.12. The van der Waals surface area contributed by atoms with E-state index < -0.39 is 79.4 Å². The third-order valence-electron chi connectivity index (χ3n) is 7.12. The van der Waals surface area contributed by atoms with Crippen LogP contribution in [0.5, 0.6) is 5.75 Å². The molecule has 6 N–H and O–H groups in total. The first-order valence-electron chi connectivity index (χ1n) is 11.8. The van der Waals surface area contributed by atoms with E-state index >= 15 is 0 Å². The number of aliphatic hydroxyl groups excluding tert-OH is 4. The number of hydrogen-bond donors (Lipinski definition) is 6. The van der Waals surface area contributed by atoms with E-state index in [0.29, 0.717) is 5.56 Å². The minimum Gasteiger partial charge on any atom is -0.508 e. The van der Waals surface area contributed by atoms with Crippen molar-refractivity contribution >= 4 is 18.0 Å². The van der Waals surface area contributed by atoms with Crippen LogP contribution in [0.4, 0.5) is 0 Å². The highest BCUT2D eigenvalue weighted by molar-refractivity contribution is 5.88. The average molecular weight is 523 g/mol. The first kappa shape index (κ1) is 27.0. The van der Waals surface area contributed by atoms with Gasteiger partial charge in [0.2, 0.25) is 6.29 Å². The van der Waals surface area contributed by atoms with E-state index in [1.54, 1.807) is 19.1 Å². The van der Waals surface area contributed by atoms with Gasteiger partial charge < -0.3 is 49.6 Å². The summed E-state index contributed by atoms with van der Waals surface area (Å²) in [5.41, 5.74) is 0.643. The van der Waals surface area contributed by atoms with Crippen LogP contribution in [-0.4, -0.2) is 92.3 Å². The van der Waals surface area contributed by atoms with Gasteiger partial charge in [-0.2, -0.15) is 0 Å². The Morgan fingerprint density at radius 2 is 1.78 bits per heavy atom. The summed E-state index contributed by atoms with van der Waals surface area (Å²) in [4.78, 5) is 24.3. The van der Waals surface area contributed by atoms with Gasteiger partial charge in [0.15, 0.2) is 6.29 Å². The summed E-state index contributed by atoms with van der Waals surface area (Å²) >= 11 is 0. The van der Waals surface area contributed by atoms with Crippen LogP contribution in [0.1, 0.15) is 18.9 Å². The van der Waals surface area contributed by atoms with E-state index in [-0.39, 0.29) is 17.7 Å². The van der Waals surface area contributed by atoms with E-state index in [1.807, 2.05) is 0 Å². The molecule has 0 spiro atoms. The van der Waals surface area contributed by atoms with Crippen LogP contribution in [0.3, 0.4) is 0 Å². The molecule has 1 saturated heterocycles. The van der Waals surface area contributed by atoms with Crippen LogP contribution in [0.25, 0.3) is 6.08 Å². The number of fused-ring (bicyclic) bond motifs is 1. The minimum atomic E-state index is -1.67. The van der Waals surface area contributed by atoms with E-state index in [9.17, 15) is 40.2 Å². The summed E-state index contributed by atoms with van der Waals surface area (Å²) in [6, 6.07) is 6.19. The summed E-state index contributed by atoms with van der Waals surface area (Å²) in [5, 5.41) is 58.9. The molecule has 0 radical (unpaired) electrons. The maximum absolute atomic E-state index is 12.5. The number of benzene rings is 1. The Balaban J connectivity index is 1.48. The van der Waals surface area contributed by atoms with Crippen LogP contribution in [0, 0.1) is 17.8 Å². The highest BCUT2D eigenvalue weighted by Gasteiger charge is 2.54. The predicted molar refractivity (Wildman–Crippen MR) is 123 cm³/mol. The molecule has 12 heteroatoms. The lowest BCUT2D eigenvalue weighted by molar-refractivity contribution is -0.342. The van der Waals surface area contributed by atoms with Crippen LogP contribution >= 0.6 is 0 Å². The number of carboxylic acid groups (broad SMARTS) is 1. The SMILES string of the molecule is C[C@H]1[C@H]2[C@H](O[C@H]3O[C@H](CO)[C@@H](O)[C@H](O)[C@H]3O)OC=C(C(=O)O)[C@@H]2C[C@@H]1OC(=O)C=Cc1ccc(O)cc1. The van der Waals surface area contributed by atoms with Gasteiger partial charge in [-0.3, -0.25) is 0 Å². The summed E-state index contributed by atoms with van der Waals surface area (Å²) < 4.78 is 22.4. The number of aliphatic carboxylic acids is 1. The third kappa shape index (κ3) is 5.64. The van der Waals surface area contributed by atoms with Crippen molar-refractivity contribution < 1.29 is 59.2 Å². The molecule has 0 unspecified atom stereocenters. The predicted octanol–water partition coefficient (Wildman–Crippen LogP) is -0.269. The quantitative estimate of drug-likeness (QED) is 0.203. The second-order valence-electron chi connectivity index (χ2n) is 9.40. The molecule has 37 heavy (non-hydrogen) atoms. The minimum absolute atomic E-state index is 0.0244. The summed E-state index contributed by atoms with van der Waals surface area (Å²) in [5.74, 6) is -3.43. The smallest absolute Gasteiger partial charge is 0.334 e. The summed E-state index contributed by atoms with van der Waals surface area (Å²) in [6.45, 7) is 1.11. The van der Waals surface area contributed by atoms with Gasteiger partial charge in [0, 0.05) is 23.8 Å². The molecule has 1 saturated carbocycles. The number of carbonyl (C=O) groups is 2. The van der Waals surface area contributed by atoms with Gasteiger partial charge >= 0.3 is 11.9 Å². The van der Waals surface area contributed by atoms with E-state index in [0.717, 1.165) is 6.26 Å². The van der Waals surface area contributed by atoms with Crippen molar-refractivity contribution in [2.75, 3.05) is 6.61 Å². The Morgan fingerprint density at radius 3 is 2.43 bits per heavy atom. The standard InChI is InChI=1S/C25H30O12/c1-11-16(35-18(28)7-4-12-2-5-13(27)6-3-12)8-14-15(23(32)33)10-34-24(19(11)14)37-25-22(31)21(30)20(29)17(9-26)36-25/h2-7,10-11,14,16-17,19-22,24-27,29-31H,8-9H2,1H3,(H,32,33)/t11-,14+,16+,17-,19-,20-,21+,22-,24+,25-/m1/s1. The van der Waals surface area contributed by atoms with Crippen molar-refractivity contribution in [3.05, 3.63) is 47.7 Å². The highest BCUT2D eigenvalue weighted by Crippen LogP contribution is 2.48. The number of phenols is 1. The van der Waals surface area contributed by atoms with Gasteiger partial charge in [0.1, 0.15) is 36.3 Å². The van der Waals surface area contributed by atoms with Crippen molar-refractivity contribution in [2.45, 2.75) is 56.4 Å². The molecule has 3 aliphatic rings. The zero-order valence-corrected chi connectivity index (χ0v) is 19.9. The fourth-order valence-corrected chi connectivity index (χ4v) is 5.06. The fraction of sp³-hybridized carbons (Fsp3) is 0.520. The Kier molecular flexibility index (Phi) is 8.17.